The van der Waals surface area contributed by atoms with Gasteiger partial charge in [-0.25, -0.2) is 0 Å². The molecule has 0 heterocycles. The standard InChI is InChI=1S/C12H18O2/c1-5-6-9-7-10(13)8-11(14-4)12(9,2)3/h5-6,8-9H,7H2,1-4H3/b6-5+. The summed E-state index contributed by atoms with van der Waals surface area (Å²) in [6.07, 6.45) is 6.30. The molecule has 1 rings (SSSR count). The van der Waals surface area contributed by atoms with E-state index in [9.17, 15) is 4.79 Å². The fourth-order valence-electron chi connectivity index (χ4n) is 1.91. The molecule has 1 aliphatic carbocycles. The molecule has 1 atom stereocenters. The Morgan fingerprint density at radius 1 is 1.57 bits per heavy atom. The lowest BCUT2D eigenvalue weighted by Gasteiger charge is -2.36. The Labute approximate surface area is 85.6 Å². The van der Waals surface area contributed by atoms with Crippen molar-refractivity contribution in [2.24, 2.45) is 11.3 Å². The van der Waals surface area contributed by atoms with Gasteiger partial charge in [0.2, 0.25) is 0 Å². The molecule has 2 nitrogen and oxygen atoms in total. The average Bonchev–Trinajstić information content (AvgIpc) is 2.11. The molecule has 0 amide bonds. The summed E-state index contributed by atoms with van der Waals surface area (Å²) < 4.78 is 5.26. The minimum absolute atomic E-state index is 0.0742. The van der Waals surface area contributed by atoms with E-state index in [4.69, 9.17) is 4.74 Å². The van der Waals surface area contributed by atoms with Crippen LogP contribution in [0.5, 0.6) is 0 Å². The van der Waals surface area contributed by atoms with Crippen LogP contribution in [0.3, 0.4) is 0 Å². The van der Waals surface area contributed by atoms with Gasteiger partial charge in [-0.1, -0.05) is 26.0 Å². The first kappa shape index (κ1) is 11.0. The Balaban J connectivity index is 3.04. The maximum atomic E-state index is 11.4. The molecule has 0 radical (unpaired) electrons. The highest BCUT2D eigenvalue weighted by Crippen LogP contribution is 2.41. The monoisotopic (exact) mass is 194 g/mol. The van der Waals surface area contributed by atoms with E-state index in [1.807, 2.05) is 13.0 Å². The molecule has 0 aromatic carbocycles. The SMILES string of the molecule is C/C=C/C1CC(=O)C=C(OC)C1(C)C. The van der Waals surface area contributed by atoms with E-state index in [2.05, 4.69) is 19.9 Å². The summed E-state index contributed by atoms with van der Waals surface area (Å²) in [6.45, 7) is 6.20. The van der Waals surface area contributed by atoms with E-state index in [0.29, 0.717) is 6.42 Å². The summed E-state index contributed by atoms with van der Waals surface area (Å²) >= 11 is 0. The number of rotatable bonds is 2. The van der Waals surface area contributed by atoms with Gasteiger partial charge in [-0.3, -0.25) is 4.79 Å². The fourth-order valence-corrected chi connectivity index (χ4v) is 1.91. The van der Waals surface area contributed by atoms with Gasteiger partial charge in [0.15, 0.2) is 5.78 Å². The predicted molar refractivity (Wildman–Crippen MR) is 56.8 cm³/mol. The smallest absolute Gasteiger partial charge is 0.159 e. The van der Waals surface area contributed by atoms with Gasteiger partial charge >= 0.3 is 0 Å². The Hall–Kier alpha value is -1.05. The van der Waals surface area contributed by atoms with Crippen molar-refractivity contribution in [1.82, 2.24) is 0 Å². The molecule has 0 fully saturated rings. The normalized spacial score (nSPS) is 26.4. The molecule has 0 N–H and O–H groups in total. The second-order valence-corrected chi connectivity index (χ2v) is 4.24. The number of ether oxygens (including phenoxy) is 1. The number of allylic oxidation sites excluding steroid dienone is 4. The van der Waals surface area contributed by atoms with Gasteiger partial charge in [0.1, 0.15) is 5.76 Å². The summed E-state index contributed by atoms with van der Waals surface area (Å²) in [5.41, 5.74) is -0.0742. The molecular formula is C12H18O2. The number of hydrogen-bond acceptors (Lipinski definition) is 2. The van der Waals surface area contributed by atoms with Crippen LogP contribution in [0.4, 0.5) is 0 Å². The van der Waals surface area contributed by atoms with Crippen LogP contribution in [0, 0.1) is 11.3 Å². The molecular weight excluding hydrogens is 176 g/mol. The second-order valence-electron chi connectivity index (χ2n) is 4.24. The second kappa shape index (κ2) is 3.99. The van der Waals surface area contributed by atoms with Gasteiger partial charge in [0, 0.05) is 17.9 Å². The maximum absolute atomic E-state index is 11.4. The van der Waals surface area contributed by atoms with Crippen molar-refractivity contribution in [1.29, 1.82) is 0 Å². The van der Waals surface area contributed by atoms with Gasteiger partial charge in [-0.2, -0.15) is 0 Å². The maximum Gasteiger partial charge on any atom is 0.159 e. The third-order valence-corrected chi connectivity index (χ3v) is 2.92. The molecule has 1 unspecified atom stereocenters. The molecule has 78 valence electrons. The van der Waals surface area contributed by atoms with Crippen molar-refractivity contribution in [2.75, 3.05) is 7.11 Å². The number of carbonyl (C=O) groups is 1. The summed E-state index contributed by atoms with van der Waals surface area (Å²) in [5, 5.41) is 0. The van der Waals surface area contributed by atoms with E-state index in [0.717, 1.165) is 5.76 Å². The van der Waals surface area contributed by atoms with Gasteiger partial charge < -0.3 is 4.74 Å². The summed E-state index contributed by atoms with van der Waals surface area (Å²) in [4.78, 5) is 11.4. The van der Waals surface area contributed by atoms with Crippen LogP contribution in [0.15, 0.2) is 24.0 Å². The lowest BCUT2D eigenvalue weighted by molar-refractivity contribution is -0.117. The minimum atomic E-state index is -0.0742. The molecule has 14 heavy (non-hydrogen) atoms. The Morgan fingerprint density at radius 2 is 2.21 bits per heavy atom. The van der Waals surface area contributed by atoms with Gasteiger partial charge in [0.05, 0.1) is 7.11 Å². The lowest BCUT2D eigenvalue weighted by atomic mass is 9.71. The van der Waals surface area contributed by atoms with E-state index in [-0.39, 0.29) is 17.1 Å². The van der Waals surface area contributed by atoms with Gasteiger partial charge in [-0.15, -0.1) is 0 Å². The van der Waals surface area contributed by atoms with Crippen molar-refractivity contribution < 1.29 is 9.53 Å². The molecule has 0 spiro atoms. The van der Waals surface area contributed by atoms with Crippen molar-refractivity contribution >= 4 is 5.78 Å². The van der Waals surface area contributed by atoms with E-state index >= 15 is 0 Å². The zero-order valence-corrected chi connectivity index (χ0v) is 9.33. The highest BCUT2D eigenvalue weighted by molar-refractivity contribution is 5.91. The van der Waals surface area contributed by atoms with Crippen LogP contribution in [-0.2, 0) is 9.53 Å². The van der Waals surface area contributed by atoms with Gasteiger partial charge in [0.25, 0.3) is 0 Å². The summed E-state index contributed by atoms with van der Waals surface area (Å²) in [6, 6.07) is 0. The number of hydrogen-bond donors (Lipinski definition) is 0. The first-order chi connectivity index (χ1) is 6.52. The fraction of sp³-hybridized carbons (Fsp3) is 0.583. The molecule has 0 aromatic heterocycles. The molecule has 0 bridgehead atoms. The lowest BCUT2D eigenvalue weighted by Crippen LogP contribution is -2.32. The summed E-state index contributed by atoms with van der Waals surface area (Å²) in [7, 11) is 1.62. The molecule has 2 heteroatoms. The number of carbonyl (C=O) groups excluding carboxylic acids is 1. The van der Waals surface area contributed by atoms with Crippen LogP contribution in [0.1, 0.15) is 27.2 Å². The first-order valence-electron chi connectivity index (χ1n) is 4.94. The summed E-state index contributed by atoms with van der Waals surface area (Å²) in [5.74, 6) is 1.20. The van der Waals surface area contributed by atoms with E-state index < -0.39 is 0 Å². The van der Waals surface area contributed by atoms with E-state index in [1.54, 1.807) is 13.2 Å². The molecule has 0 saturated heterocycles. The minimum Gasteiger partial charge on any atom is -0.500 e. The highest BCUT2D eigenvalue weighted by Gasteiger charge is 2.37. The zero-order valence-electron chi connectivity index (χ0n) is 9.33. The molecule has 0 aliphatic heterocycles. The number of methoxy groups -OCH3 is 1. The van der Waals surface area contributed by atoms with Crippen molar-refractivity contribution in [2.45, 2.75) is 27.2 Å². The van der Waals surface area contributed by atoms with Crippen molar-refractivity contribution in [3.05, 3.63) is 24.0 Å². The van der Waals surface area contributed by atoms with Crippen LogP contribution in [0.25, 0.3) is 0 Å². The van der Waals surface area contributed by atoms with Crippen molar-refractivity contribution in [3.8, 4) is 0 Å². The van der Waals surface area contributed by atoms with Crippen LogP contribution >= 0.6 is 0 Å². The average molecular weight is 194 g/mol. The predicted octanol–water partition coefficient (Wildman–Crippen LogP) is 2.71. The third-order valence-electron chi connectivity index (χ3n) is 2.92. The largest absolute Gasteiger partial charge is 0.500 e. The Morgan fingerprint density at radius 3 is 2.71 bits per heavy atom. The third kappa shape index (κ3) is 1.89. The topological polar surface area (TPSA) is 26.3 Å². The highest BCUT2D eigenvalue weighted by atomic mass is 16.5. The quantitative estimate of drug-likeness (QED) is 0.632. The van der Waals surface area contributed by atoms with Crippen molar-refractivity contribution in [3.63, 3.8) is 0 Å². The van der Waals surface area contributed by atoms with Crippen LogP contribution < -0.4 is 0 Å². The molecule has 0 saturated carbocycles. The first-order valence-corrected chi connectivity index (χ1v) is 4.94. The zero-order chi connectivity index (χ0) is 10.8. The van der Waals surface area contributed by atoms with E-state index in [1.165, 1.54) is 0 Å². The van der Waals surface area contributed by atoms with Crippen LogP contribution in [-0.4, -0.2) is 12.9 Å². The van der Waals surface area contributed by atoms with Gasteiger partial charge in [-0.05, 0) is 12.8 Å². The molecule has 0 aromatic rings. The Bertz CT molecular complexity index is 285. The van der Waals surface area contributed by atoms with Crippen LogP contribution in [0.2, 0.25) is 0 Å². The molecule has 1 aliphatic rings. The number of ketones is 1. The Kier molecular flexibility index (Phi) is 3.14.